The van der Waals surface area contributed by atoms with Gasteiger partial charge in [-0.2, -0.15) is 0 Å². The lowest BCUT2D eigenvalue weighted by Crippen LogP contribution is -2.41. The van der Waals surface area contributed by atoms with E-state index in [1.54, 1.807) is 0 Å². The fourth-order valence-corrected chi connectivity index (χ4v) is 1.26. The minimum absolute atomic E-state index is 0.108. The number of rotatable bonds is 5. The van der Waals surface area contributed by atoms with E-state index in [9.17, 15) is 4.39 Å². The van der Waals surface area contributed by atoms with Gasteiger partial charge in [0.05, 0.1) is 0 Å². The molecule has 0 saturated heterocycles. The lowest BCUT2D eigenvalue weighted by Gasteiger charge is -2.32. The van der Waals surface area contributed by atoms with Gasteiger partial charge < -0.3 is 4.90 Å². The maximum absolute atomic E-state index is 14.0. The van der Waals surface area contributed by atoms with Crippen LogP contribution < -0.4 is 0 Å². The van der Waals surface area contributed by atoms with E-state index in [1.165, 1.54) is 0 Å². The van der Waals surface area contributed by atoms with E-state index in [4.69, 9.17) is 0 Å². The lowest BCUT2D eigenvalue weighted by atomic mass is 9.89. The maximum Gasteiger partial charge on any atom is 0.125 e. The number of nitrogens with zero attached hydrogens (tertiary/aromatic N) is 1. The van der Waals surface area contributed by atoms with E-state index >= 15 is 0 Å². The van der Waals surface area contributed by atoms with Crippen molar-refractivity contribution in [3.8, 4) is 0 Å². The average molecular weight is 175 g/mol. The van der Waals surface area contributed by atoms with Gasteiger partial charge in [-0.25, -0.2) is 4.39 Å². The van der Waals surface area contributed by atoms with Crippen molar-refractivity contribution < 1.29 is 4.39 Å². The molecule has 1 unspecified atom stereocenters. The number of hydrogen-bond acceptors (Lipinski definition) is 1. The molecule has 0 aromatic heterocycles. The predicted octanol–water partition coefficient (Wildman–Crippen LogP) is 2.71. The zero-order valence-corrected chi connectivity index (χ0v) is 9.02. The Labute approximate surface area is 75.9 Å². The Morgan fingerprint density at radius 1 is 1.33 bits per heavy atom. The Balaban J connectivity index is 4.14. The summed E-state index contributed by atoms with van der Waals surface area (Å²) >= 11 is 0. The summed E-state index contributed by atoms with van der Waals surface area (Å²) in [4.78, 5) is 2.03. The highest BCUT2D eigenvalue weighted by Gasteiger charge is 2.32. The Bertz CT molecular complexity index is 125. The van der Waals surface area contributed by atoms with Crippen LogP contribution >= 0.6 is 0 Å². The first-order valence-electron chi connectivity index (χ1n) is 4.83. The summed E-state index contributed by atoms with van der Waals surface area (Å²) in [6.07, 6.45) is 0.606. The Morgan fingerprint density at radius 3 is 2.08 bits per heavy atom. The quantitative estimate of drug-likeness (QED) is 0.621. The molecule has 0 amide bonds. The molecule has 1 atom stereocenters. The van der Waals surface area contributed by atoms with Crippen LogP contribution in [0.15, 0.2) is 0 Å². The van der Waals surface area contributed by atoms with Crippen LogP contribution in [0.2, 0.25) is 0 Å². The summed E-state index contributed by atoms with van der Waals surface area (Å²) < 4.78 is 14.0. The molecule has 0 fully saturated rings. The molecular weight excluding hydrogens is 153 g/mol. The van der Waals surface area contributed by atoms with Gasteiger partial charge in [0.15, 0.2) is 0 Å². The number of hydrogen-bond donors (Lipinski definition) is 0. The summed E-state index contributed by atoms with van der Waals surface area (Å²) in [5.74, 6) is 0.108. The molecule has 0 aromatic carbocycles. The first kappa shape index (κ1) is 11.9. The van der Waals surface area contributed by atoms with Crippen LogP contribution in [0, 0.1) is 5.92 Å². The zero-order chi connectivity index (χ0) is 9.78. The molecule has 0 aliphatic carbocycles. The minimum Gasteiger partial charge on any atom is -0.303 e. The highest BCUT2D eigenvalue weighted by Crippen LogP contribution is 2.26. The number of halogens is 1. The van der Waals surface area contributed by atoms with Crippen molar-refractivity contribution in [2.24, 2.45) is 5.92 Å². The molecule has 0 bridgehead atoms. The molecule has 1 nitrogen and oxygen atoms in total. The fourth-order valence-electron chi connectivity index (χ4n) is 1.26. The van der Waals surface area contributed by atoms with Crippen molar-refractivity contribution in [2.45, 2.75) is 39.8 Å². The average Bonchev–Trinajstić information content (AvgIpc) is 2.03. The Hall–Kier alpha value is -0.110. The molecule has 0 heterocycles. The third kappa shape index (κ3) is 3.10. The van der Waals surface area contributed by atoms with Crippen LogP contribution in [0.5, 0.6) is 0 Å². The summed E-state index contributed by atoms with van der Waals surface area (Å²) in [5.41, 5.74) is -1.01. The van der Waals surface area contributed by atoms with Crippen molar-refractivity contribution in [2.75, 3.05) is 20.1 Å². The van der Waals surface area contributed by atoms with E-state index in [-0.39, 0.29) is 5.92 Å². The first-order chi connectivity index (χ1) is 5.46. The molecule has 0 aliphatic heterocycles. The molecule has 0 radical (unpaired) electrons. The highest BCUT2D eigenvalue weighted by atomic mass is 19.1. The second-order valence-corrected chi connectivity index (χ2v) is 3.87. The second kappa shape index (κ2) is 4.80. The Kier molecular flexibility index (Phi) is 4.76. The predicted molar refractivity (Wildman–Crippen MR) is 52.1 cm³/mol. The monoisotopic (exact) mass is 175 g/mol. The summed E-state index contributed by atoms with van der Waals surface area (Å²) in [7, 11) is 1.96. The van der Waals surface area contributed by atoms with Gasteiger partial charge in [0.1, 0.15) is 5.67 Å². The van der Waals surface area contributed by atoms with E-state index in [1.807, 2.05) is 32.7 Å². The fraction of sp³-hybridized carbons (Fsp3) is 1.00. The van der Waals surface area contributed by atoms with Gasteiger partial charge in [-0.15, -0.1) is 0 Å². The topological polar surface area (TPSA) is 3.24 Å². The lowest BCUT2D eigenvalue weighted by molar-refractivity contribution is 0.0557. The molecule has 2 heteroatoms. The van der Waals surface area contributed by atoms with Crippen LogP contribution in [0.1, 0.15) is 34.1 Å². The van der Waals surface area contributed by atoms with Crippen LogP contribution in [-0.2, 0) is 0 Å². The highest BCUT2D eigenvalue weighted by molar-refractivity contribution is 4.83. The van der Waals surface area contributed by atoms with Crippen molar-refractivity contribution in [1.82, 2.24) is 4.90 Å². The van der Waals surface area contributed by atoms with Gasteiger partial charge >= 0.3 is 0 Å². The minimum atomic E-state index is -1.01. The van der Waals surface area contributed by atoms with Crippen molar-refractivity contribution in [3.05, 3.63) is 0 Å². The second-order valence-electron chi connectivity index (χ2n) is 3.87. The van der Waals surface area contributed by atoms with Crippen molar-refractivity contribution in [3.63, 3.8) is 0 Å². The molecule has 0 N–H and O–H groups in total. The smallest absolute Gasteiger partial charge is 0.125 e. The summed E-state index contributed by atoms with van der Waals surface area (Å²) in [6.45, 7) is 9.34. The third-order valence-corrected chi connectivity index (χ3v) is 2.70. The summed E-state index contributed by atoms with van der Waals surface area (Å²) in [6, 6.07) is 0. The largest absolute Gasteiger partial charge is 0.303 e. The van der Waals surface area contributed by atoms with Gasteiger partial charge in [-0.1, -0.05) is 27.7 Å². The van der Waals surface area contributed by atoms with Crippen molar-refractivity contribution >= 4 is 0 Å². The van der Waals surface area contributed by atoms with E-state index in [0.717, 1.165) is 6.54 Å². The molecule has 0 saturated carbocycles. The van der Waals surface area contributed by atoms with Crippen molar-refractivity contribution in [1.29, 1.82) is 0 Å². The normalized spacial score (nSPS) is 17.0. The summed E-state index contributed by atoms with van der Waals surface area (Å²) in [5, 5.41) is 0. The van der Waals surface area contributed by atoms with Crippen LogP contribution in [0.3, 0.4) is 0 Å². The molecule has 0 aliphatic rings. The SMILES string of the molecule is CCN(C)CC(F)(CC)C(C)C. The standard InChI is InChI=1S/C10H22FN/c1-6-10(11,9(3)4)8-12(5)7-2/h9H,6-8H2,1-5H3. The van der Waals surface area contributed by atoms with E-state index in [0.29, 0.717) is 13.0 Å². The van der Waals surface area contributed by atoms with Gasteiger partial charge in [0.25, 0.3) is 0 Å². The molecule has 12 heavy (non-hydrogen) atoms. The first-order valence-corrected chi connectivity index (χ1v) is 4.83. The number of alkyl halides is 1. The maximum atomic E-state index is 14.0. The molecule has 0 rings (SSSR count). The molecular formula is C10H22FN. The zero-order valence-electron chi connectivity index (χ0n) is 9.02. The van der Waals surface area contributed by atoms with E-state index in [2.05, 4.69) is 6.92 Å². The van der Waals surface area contributed by atoms with Crippen LogP contribution in [0.4, 0.5) is 4.39 Å². The molecule has 0 spiro atoms. The molecule has 0 aromatic rings. The van der Waals surface area contributed by atoms with Gasteiger partial charge in [-0.3, -0.25) is 0 Å². The third-order valence-electron chi connectivity index (χ3n) is 2.70. The Morgan fingerprint density at radius 2 is 1.83 bits per heavy atom. The van der Waals surface area contributed by atoms with Gasteiger partial charge in [0, 0.05) is 6.54 Å². The van der Waals surface area contributed by atoms with Crippen LogP contribution in [-0.4, -0.2) is 30.7 Å². The van der Waals surface area contributed by atoms with Gasteiger partial charge in [0.2, 0.25) is 0 Å². The molecule has 74 valence electrons. The van der Waals surface area contributed by atoms with E-state index < -0.39 is 5.67 Å². The van der Waals surface area contributed by atoms with Gasteiger partial charge in [-0.05, 0) is 25.9 Å². The van der Waals surface area contributed by atoms with Crippen LogP contribution in [0.25, 0.3) is 0 Å².